The average Bonchev–Trinajstić information content (AvgIpc) is 4.08. The molecule has 2 heterocycles. The molecule has 2 aliphatic rings. The molecule has 0 radical (unpaired) electrons. The van der Waals surface area contributed by atoms with Crippen molar-refractivity contribution in [3.63, 3.8) is 0 Å². The second kappa shape index (κ2) is 15.9. The number of hydrogen-bond donors (Lipinski definition) is 0. The van der Waals surface area contributed by atoms with Gasteiger partial charge in [-0.2, -0.15) is 0 Å². The van der Waals surface area contributed by atoms with E-state index in [1.807, 2.05) is 30.3 Å². The smallest absolute Gasteiger partial charge is 0.164 e. The Morgan fingerprint density at radius 2 is 0.786 bits per heavy atom. The number of para-hydroxylation sites is 2. The topological polar surface area (TPSA) is 56.5 Å². The van der Waals surface area contributed by atoms with Crippen LogP contribution >= 0.6 is 0 Å². The molecule has 326 valence electrons. The molecule has 0 atom stereocenters. The predicted molar refractivity (Wildman–Crippen MR) is 283 cm³/mol. The lowest BCUT2D eigenvalue weighted by Gasteiger charge is -2.31. The Balaban J connectivity index is 1.01. The zero-order valence-corrected chi connectivity index (χ0v) is 37.9. The van der Waals surface area contributed by atoms with Crippen LogP contribution in [0.5, 0.6) is 0 Å². The summed E-state index contributed by atoms with van der Waals surface area (Å²) in [5.74, 6) is 2.69. The molecule has 0 aliphatic heterocycles. The maximum absolute atomic E-state index is 5.48. The number of rotatable bonds is 7. The first kappa shape index (κ1) is 39.8. The molecule has 0 saturated carbocycles. The summed E-state index contributed by atoms with van der Waals surface area (Å²) < 4.78 is 2.23. The zero-order chi connectivity index (χ0) is 46.2. The normalized spacial score (nSPS) is 12.7. The Morgan fingerprint density at radius 3 is 1.46 bits per heavy atom. The molecule has 0 amide bonds. The van der Waals surface area contributed by atoms with Crippen LogP contribution in [0.4, 0.5) is 0 Å². The highest BCUT2D eigenvalue weighted by Gasteiger charge is 2.52. The third-order valence-corrected chi connectivity index (χ3v) is 14.3. The molecule has 10 aromatic carbocycles. The molecule has 0 bridgehead atoms. The third kappa shape index (κ3) is 6.11. The van der Waals surface area contributed by atoms with Crippen LogP contribution in [0.25, 0.3) is 107 Å². The summed E-state index contributed by atoms with van der Waals surface area (Å²) in [4.78, 5) is 21.3. The van der Waals surface area contributed by atoms with Crippen molar-refractivity contribution in [3.05, 3.63) is 271 Å². The molecule has 2 aromatic heterocycles. The third-order valence-electron chi connectivity index (χ3n) is 14.3. The Hall–Kier alpha value is -9.32. The van der Waals surface area contributed by atoms with Crippen LogP contribution in [0.1, 0.15) is 22.3 Å². The summed E-state index contributed by atoms with van der Waals surface area (Å²) in [5.41, 5.74) is 20.6. The number of imidazole rings is 1. The standard InChI is InChI=1S/C65H41N5/c1-5-19-42(20-6-1)46-35-37-50-51-38-36-47(43-21-7-2-8-22-43)41-57(51)65(56(50)40-46)54-31-14-13-29-52(54)60-53(30-18-32-55(60)65)63-68-61(44-23-9-3-10-24-44)67-62(69-63)48-27-17-28-49(39-48)70-59-34-16-15-33-58(59)66-64(70)45-25-11-4-12-26-45/h1-41H. The second-order valence-corrected chi connectivity index (χ2v) is 18.1. The summed E-state index contributed by atoms with van der Waals surface area (Å²) in [6.07, 6.45) is 0. The first-order valence-electron chi connectivity index (χ1n) is 23.8. The van der Waals surface area contributed by atoms with Gasteiger partial charge in [0.2, 0.25) is 0 Å². The summed E-state index contributed by atoms with van der Waals surface area (Å²) in [5, 5.41) is 0. The molecule has 0 fully saturated rings. The lowest BCUT2D eigenvalue weighted by atomic mass is 9.69. The number of benzene rings is 10. The van der Waals surface area contributed by atoms with E-state index in [4.69, 9.17) is 19.9 Å². The molecule has 0 unspecified atom stereocenters. The van der Waals surface area contributed by atoms with Crippen molar-refractivity contribution in [1.82, 2.24) is 24.5 Å². The van der Waals surface area contributed by atoms with Crippen molar-refractivity contribution in [3.8, 4) is 95.7 Å². The Bertz CT molecular complexity index is 3900. The molecular formula is C65H41N5. The van der Waals surface area contributed by atoms with E-state index in [0.717, 1.165) is 50.4 Å². The van der Waals surface area contributed by atoms with Gasteiger partial charge in [-0.25, -0.2) is 19.9 Å². The maximum Gasteiger partial charge on any atom is 0.164 e. The number of aromatic nitrogens is 5. The van der Waals surface area contributed by atoms with Crippen LogP contribution in [0.3, 0.4) is 0 Å². The molecule has 1 spiro atoms. The summed E-state index contributed by atoms with van der Waals surface area (Å²) >= 11 is 0. The van der Waals surface area contributed by atoms with E-state index in [9.17, 15) is 0 Å². The van der Waals surface area contributed by atoms with Gasteiger partial charge >= 0.3 is 0 Å². The first-order chi connectivity index (χ1) is 34.7. The molecule has 5 nitrogen and oxygen atoms in total. The summed E-state index contributed by atoms with van der Waals surface area (Å²) in [7, 11) is 0. The Labute approximate surface area is 405 Å². The number of hydrogen-bond acceptors (Lipinski definition) is 4. The van der Waals surface area contributed by atoms with Gasteiger partial charge in [0.05, 0.1) is 16.4 Å². The second-order valence-electron chi connectivity index (χ2n) is 18.1. The van der Waals surface area contributed by atoms with E-state index in [-0.39, 0.29) is 0 Å². The van der Waals surface area contributed by atoms with Crippen LogP contribution in [-0.2, 0) is 5.41 Å². The van der Waals surface area contributed by atoms with E-state index in [0.29, 0.717) is 17.5 Å². The maximum atomic E-state index is 5.48. The molecule has 14 rings (SSSR count). The van der Waals surface area contributed by atoms with Crippen molar-refractivity contribution >= 4 is 11.0 Å². The van der Waals surface area contributed by atoms with Gasteiger partial charge in [0.15, 0.2) is 17.5 Å². The van der Waals surface area contributed by atoms with Gasteiger partial charge in [0.1, 0.15) is 5.82 Å². The Morgan fingerprint density at radius 1 is 0.286 bits per heavy atom. The minimum absolute atomic E-state index is 0.589. The van der Waals surface area contributed by atoms with E-state index in [1.54, 1.807) is 0 Å². The van der Waals surface area contributed by atoms with E-state index in [2.05, 4.69) is 223 Å². The van der Waals surface area contributed by atoms with Crippen molar-refractivity contribution < 1.29 is 0 Å². The fraction of sp³-hybridized carbons (Fsp3) is 0.0154. The largest absolute Gasteiger partial charge is 0.292 e. The van der Waals surface area contributed by atoms with Gasteiger partial charge < -0.3 is 0 Å². The van der Waals surface area contributed by atoms with Gasteiger partial charge in [0, 0.05) is 27.9 Å². The molecule has 0 saturated heterocycles. The average molecular weight is 892 g/mol. The van der Waals surface area contributed by atoms with Crippen LogP contribution in [0, 0.1) is 0 Å². The van der Waals surface area contributed by atoms with Crippen LogP contribution in [0.2, 0.25) is 0 Å². The van der Waals surface area contributed by atoms with E-state index >= 15 is 0 Å². The first-order valence-corrected chi connectivity index (χ1v) is 23.8. The van der Waals surface area contributed by atoms with Gasteiger partial charge in [-0.1, -0.05) is 212 Å². The fourth-order valence-electron chi connectivity index (χ4n) is 11.2. The minimum atomic E-state index is -0.626. The lowest BCUT2D eigenvalue weighted by molar-refractivity contribution is 0.794. The lowest BCUT2D eigenvalue weighted by Crippen LogP contribution is -2.26. The Kier molecular flexibility index (Phi) is 9.04. The molecular weight excluding hydrogens is 851 g/mol. The predicted octanol–water partition coefficient (Wildman–Crippen LogP) is 15.6. The monoisotopic (exact) mass is 891 g/mol. The molecule has 2 aliphatic carbocycles. The van der Waals surface area contributed by atoms with Crippen LogP contribution in [-0.4, -0.2) is 24.5 Å². The minimum Gasteiger partial charge on any atom is -0.292 e. The summed E-state index contributed by atoms with van der Waals surface area (Å²) in [6, 6.07) is 88.7. The SMILES string of the molecule is c1ccc(-c2ccc3c(c2)C2(c4cc(-c5ccccc5)ccc4-3)c3ccccc3-c3c(-c4nc(-c5ccccc5)nc(-c5cccc(-n6c(-c7ccccc7)nc7ccccc76)c5)n4)cccc32)cc1. The fourth-order valence-corrected chi connectivity index (χ4v) is 11.2. The zero-order valence-electron chi connectivity index (χ0n) is 37.9. The molecule has 5 heteroatoms. The van der Waals surface area contributed by atoms with Crippen molar-refractivity contribution in [1.29, 1.82) is 0 Å². The summed E-state index contributed by atoms with van der Waals surface area (Å²) in [6.45, 7) is 0. The van der Waals surface area contributed by atoms with Crippen molar-refractivity contribution in [2.75, 3.05) is 0 Å². The highest BCUT2D eigenvalue weighted by molar-refractivity contribution is 6.00. The van der Waals surface area contributed by atoms with E-state index in [1.165, 1.54) is 61.2 Å². The highest BCUT2D eigenvalue weighted by atomic mass is 15.1. The quantitative estimate of drug-likeness (QED) is 0.160. The van der Waals surface area contributed by atoms with Gasteiger partial charge in [0.25, 0.3) is 0 Å². The highest BCUT2D eigenvalue weighted by Crippen LogP contribution is 2.64. The molecule has 0 N–H and O–H groups in total. The van der Waals surface area contributed by atoms with Crippen LogP contribution < -0.4 is 0 Å². The van der Waals surface area contributed by atoms with E-state index < -0.39 is 5.41 Å². The van der Waals surface area contributed by atoms with Crippen molar-refractivity contribution in [2.24, 2.45) is 0 Å². The molecule has 70 heavy (non-hydrogen) atoms. The molecule has 12 aromatic rings. The van der Waals surface area contributed by atoms with Gasteiger partial charge in [-0.05, 0) is 103 Å². The number of nitrogens with zero attached hydrogens (tertiary/aromatic N) is 5. The van der Waals surface area contributed by atoms with Gasteiger partial charge in [-0.3, -0.25) is 4.57 Å². The number of fused-ring (bicyclic) bond motifs is 11. The van der Waals surface area contributed by atoms with Gasteiger partial charge in [-0.15, -0.1) is 0 Å². The van der Waals surface area contributed by atoms with Crippen LogP contribution in [0.15, 0.2) is 249 Å². The van der Waals surface area contributed by atoms with Crippen molar-refractivity contribution in [2.45, 2.75) is 5.41 Å².